The van der Waals surface area contributed by atoms with Crippen LogP contribution in [0.1, 0.15) is 34.6 Å². The second kappa shape index (κ2) is 10.8. The first-order valence-corrected chi connectivity index (χ1v) is 6.81. The second-order valence-corrected chi connectivity index (χ2v) is 4.57. The molecule has 0 aromatic heterocycles. The molecule has 0 saturated heterocycles. The van der Waals surface area contributed by atoms with E-state index in [1.807, 2.05) is 34.6 Å². The van der Waals surface area contributed by atoms with Crippen LogP contribution >= 0.6 is 0 Å². The van der Waals surface area contributed by atoms with Gasteiger partial charge in [-0.2, -0.15) is 0 Å². The summed E-state index contributed by atoms with van der Waals surface area (Å²) < 4.78 is 15.8. The van der Waals surface area contributed by atoms with Crippen molar-refractivity contribution in [2.24, 2.45) is 5.92 Å². The van der Waals surface area contributed by atoms with Crippen LogP contribution < -0.4 is 5.32 Å². The number of carbonyl (C=O) groups is 1. The molecule has 0 atom stereocenters. The average Bonchev–Trinajstić information content (AvgIpc) is 2.34. The third-order valence-corrected chi connectivity index (χ3v) is 2.15. The summed E-state index contributed by atoms with van der Waals surface area (Å²) in [6, 6.07) is 0. The first-order chi connectivity index (χ1) is 8.99. The molecule has 0 aliphatic carbocycles. The Hall–Kier alpha value is -1.07. The molecule has 0 unspecified atom stereocenters. The molecule has 0 amide bonds. The summed E-state index contributed by atoms with van der Waals surface area (Å²) in [5, 5.41) is 3.08. The van der Waals surface area contributed by atoms with Crippen molar-refractivity contribution in [1.82, 2.24) is 5.32 Å². The number of allylic oxidation sites excluding steroid dienone is 1. The van der Waals surface area contributed by atoms with Crippen LogP contribution in [0.25, 0.3) is 0 Å². The van der Waals surface area contributed by atoms with Gasteiger partial charge in [0.15, 0.2) is 6.29 Å². The smallest absolute Gasteiger partial charge is 0.332 e. The summed E-state index contributed by atoms with van der Waals surface area (Å²) in [5.41, 5.74) is 0.734. The van der Waals surface area contributed by atoms with Crippen LogP contribution in [0.4, 0.5) is 0 Å². The highest BCUT2D eigenvalue weighted by molar-refractivity contribution is 5.82. The number of esters is 1. The predicted octanol–water partition coefficient (Wildman–Crippen LogP) is 2.08. The number of ether oxygens (including phenoxy) is 3. The summed E-state index contributed by atoms with van der Waals surface area (Å²) in [5.74, 6) is 0.00831. The van der Waals surface area contributed by atoms with Gasteiger partial charge in [0.25, 0.3) is 0 Å². The predicted molar refractivity (Wildman–Crippen MR) is 74.6 cm³/mol. The fourth-order valence-electron chi connectivity index (χ4n) is 1.30. The van der Waals surface area contributed by atoms with E-state index in [0.717, 1.165) is 5.70 Å². The Morgan fingerprint density at radius 3 is 2.26 bits per heavy atom. The van der Waals surface area contributed by atoms with Gasteiger partial charge in [0, 0.05) is 25.0 Å². The minimum Gasteiger partial charge on any atom is -0.462 e. The van der Waals surface area contributed by atoms with Gasteiger partial charge >= 0.3 is 5.97 Å². The standard InChI is InChI=1S/C14H27NO4/c1-6-17-14(18-7-2)9-15-12(5)8-13(16)19-10-11(3)4/h8,11,14-15H,6-7,9-10H2,1-5H3/b12-8+. The van der Waals surface area contributed by atoms with Crippen molar-refractivity contribution in [2.75, 3.05) is 26.4 Å². The molecule has 5 nitrogen and oxygen atoms in total. The van der Waals surface area contributed by atoms with Gasteiger partial charge in [-0.15, -0.1) is 0 Å². The third kappa shape index (κ3) is 10.5. The van der Waals surface area contributed by atoms with Crippen LogP contribution in [0.5, 0.6) is 0 Å². The van der Waals surface area contributed by atoms with Crippen LogP contribution in [0.2, 0.25) is 0 Å². The van der Waals surface area contributed by atoms with E-state index < -0.39 is 0 Å². The Balaban J connectivity index is 4.05. The van der Waals surface area contributed by atoms with Crippen molar-refractivity contribution in [3.8, 4) is 0 Å². The van der Waals surface area contributed by atoms with Gasteiger partial charge in [-0.05, 0) is 26.7 Å². The fourth-order valence-corrected chi connectivity index (χ4v) is 1.30. The van der Waals surface area contributed by atoms with Gasteiger partial charge in [-0.25, -0.2) is 4.79 Å². The Kier molecular flexibility index (Phi) is 10.2. The van der Waals surface area contributed by atoms with Gasteiger partial charge in [-0.3, -0.25) is 0 Å². The van der Waals surface area contributed by atoms with Gasteiger partial charge in [0.1, 0.15) is 0 Å². The number of nitrogens with one attached hydrogen (secondary N) is 1. The molecule has 19 heavy (non-hydrogen) atoms. The highest BCUT2D eigenvalue weighted by Gasteiger charge is 2.08. The lowest BCUT2D eigenvalue weighted by atomic mass is 10.2. The number of hydrogen-bond acceptors (Lipinski definition) is 5. The SMILES string of the molecule is CCOC(CN/C(C)=C/C(=O)OCC(C)C)OCC. The molecule has 0 aromatic carbocycles. The van der Waals surface area contributed by atoms with Crippen molar-refractivity contribution < 1.29 is 19.0 Å². The molecule has 0 bridgehead atoms. The van der Waals surface area contributed by atoms with Crippen LogP contribution in [-0.2, 0) is 19.0 Å². The maximum Gasteiger partial charge on any atom is 0.332 e. The van der Waals surface area contributed by atoms with E-state index in [-0.39, 0.29) is 12.3 Å². The zero-order valence-electron chi connectivity index (χ0n) is 12.7. The quantitative estimate of drug-likeness (QED) is 0.375. The molecule has 0 heterocycles. The Bertz CT molecular complexity index is 271. The van der Waals surface area contributed by atoms with Gasteiger partial charge < -0.3 is 19.5 Å². The molecule has 0 saturated carbocycles. The molecule has 112 valence electrons. The first-order valence-electron chi connectivity index (χ1n) is 6.81. The van der Waals surface area contributed by atoms with Gasteiger partial charge in [0.2, 0.25) is 0 Å². The lowest BCUT2D eigenvalue weighted by molar-refractivity contribution is -0.139. The second-order valence-electron chi connectivity index (χ2n) is 4.57. The lowest BCUT2D eigenvalue weighted by Crippen LogP contribution is -2.31. The van der Waals surface area contributed by atoms with E-state index in [1.54, 1.807) is 0 Å². The maximum atomic E-state index is 11.5. The van der Waals surface area contributed by atoms with Crippen LogP contribution in [0.15, 0.2) is 11.8 Å². The monoisotopic (exact) mass is 273 g/mol. The van der Waals surface area contributed by atoms with Crippen molar-refractivity contribution in [2.45, 2.75) is 40.9 Å². The zero-order valence-corrected chi connectivity index (χ0v) is 12.7. The number of carbonyl (C=O) groups excluding carboxylic acids is 1. The van der Waals surface area contributed by atoms with Crippen molar-refractivity contribution in [3.63, 3.8) is 0 Å². The van der Waals surface area contributed by atoms with Crippen LogP contribution in [-0.4, -0.2) is 38.6 Å². The first kappa shape index (κ1) is 17.9. The van der Waals surface area contributed by atoms with Crippen molar-refractivity contribution in [1.29, 1.82) is 0 Å². The Morgan fingerprint density at radius 1 is 1.21 bits per heavy atom. The molecule has 0 aliphatic rings. The molecule has 5 heteroatoms. The zero-order chi connectivity index (χ0) is 14.7. The highest BCUT2D eigenvalue weighted by Crippen LogP contribution is 1.98. The molecule has 1 N–H and O–H groups in total. The van der Waals surface area contributed by atoms with Crippen LogP contribution in [0.3, 0.4) is 0 Å². The van der Waals surface area contributed by atoms with Gasteiger partial charge in [-0.1, -0.05) is 13.8 Å². The third-order valence-electron chi connectivity index (χ3n) is 2.15. The largest absolute Gasteiger partial charge is 0.462 e. The lowest BCUT2D eigenvalue weighted by Gasteiger charge is -2.18. The highest BCUT2D eigenvalue weighted by atomic mass is 16.7. The summed E-state index contributed by atoms with van der Waals surface area (Å²) in [7, 11) is 0. The molecular formula is C14H27NO4. The number of hydrogen-bond donors (Lipinski definition) is 1. The molecule has 0 spiro atoms. The Labute approximate surface area is 116 Å². The van der Waals surface area contributed by atoms with E-state index in [9.17, 15) is 4.79 Å². The summed E-state index contributed by atoms with van der Waals surface area (Å²) >= 11 is 0. The van der Waals surface area contributed by atoms with Gasteiger partial charge in [0.05, 0.1) is 13.2 Å². The van der Waals surface area contributed by atoms with E-state index in [2.05, 4.69) is 5.32 Å². The number of rotatable bonds is 10. The van der Waals surface area contributed by atoms with Crippen LogP contribution in [0, 0.1) is 5.92 Å². The van der Waals surface area contributed by atoms with Crippen molar-refractivity contribution >= 4 is 5.97 Å². The summed E-state index contributed by atoms with van der Waals surface area (Å²) in [6.45, 7) is 11.7. The summed E-state index contributed by atoms with van der Waals surface area (Å²) in [6.07, 6.45) is 1.14. The Morgan fingerprint density at radius 2 is 1.79 bits per heavy atom. The van der Waals surface area contributed by atoms with E-state index in [0.29, 0.717) is 32.3 Å². The molecule has 0 aliphatic heterocycles. The minimum absolute atomic E-state index is 0.301. The minimum atomic E-state index is -0.330. The topological polar surface area (TPSA) is 56.8 Å². The average molecular weight is 273 g/mol. The maximum absolute atomic E-state index is 11.5. The summed E-state index contributed by atoms with van der Waals surface area (Å²) in [4.78, 5) is 11.5. The molecule has 0 fully saturated rings. The molecule has 0 aromatic rings. The molecule has 0 radical (unpaired) electrons. The fraction of sp³-hybridized carbons (Fsp3) is 0.786. The van der Waals surface area contributed by atoms with E-state index >= 15 is 0 Å². The molecule has 0 rings (SSSR count). The van der Waals surface area contributed by atoms with E-state index in [4.69, 9.17) is 14.2 Å². The normalized spacial score (nSPS) is 12.1. The molecular weight excluding hydrogens is 246 g/mol. The van der Waals surface area contributed by atoms with E-state index in [1.165, 1.54) is 6.08 Å². The van der Waals surface area contributed by atoms with Crippen molar-refractivity contribution in [3.05, 3.63) is 11.8 Å².